The molecule has 0 aliphatic carbocycles. The Hall–Kier alpha value is -2.90. The number of nitrogens with two attached hydrogens (primary N) is 1. The molecule has 0 unspecified atom stereocenters. The molecule has 0 aromatic carbocycles. The van der Waals surface area contributed by atoms with E-state index in [9.17, 15) is 19.5 Å². The number of aromatic nitrogens is 1. The summed E-state index contributed by atoms with van der Waals surface area (Å²) in [6, 6.07) is -0.892. The smallest absolute Gasteiger partial charge is 0.352 e. The molecule has 2 amide bonds. The average Bonchev–Trinajstić information content (AvgIpc) is 3.14. The second kappa shape index (κ2) is 9.30. The Morgan fingerprint density at radius 2 is 2.19 bits per heavy atom. The van der Waals surface area contributed by atoms with Gasteiger partial charge >= 0.3 is 5.97 Å². The van der Waals surface area contributed by atoms with Gasteiger partial charge in [-0.15, -0.1) is 23.1 Å². The third kappa shape index (κ3) is 4.95. The van der Waals surface area contributed by atoms with Gasteiger partial charge in [0, 0.05) is 11.1 Å². The van der Waals surface area contributed by atoms with Gasteiger partial charge in [0.05, 0.1) is 27.7 Å². The Morgan fingerprint density at radius 1 is 1.47 bits per heavy atom. The number of carbonyl (C=O) groups is 3. The van der Waals surface area contributed by atoms with Crippen molar-refractivity contribution in [3.05, 3.63) is 34.5 Å². The van der Waals surface area contributed by atoms with Crippen LogP contribution in [0.2, 0.25) is 0 Å². The van der Waals surface area contributed by atoms with Gasteiger partial charge in [-0.3, -0.25) is 14.5 Å². The van der Waals surface area contributed by atoms with E-state index in [2.05, 4.69) is 15.5 Å². The van der Waals surface area contributed by atoms with Crippen molar-refractivity contribution in [2.24, 2.45) is 5.16 Å². The number of hydrogen-bond acceptors (Lipinski definition) is 9. The van der Waals surface area contributed by atoms with E-state index < -0.39 is 29.2 Å². The normalized spacial score (nSPS) is 21.4. The molecule has 0 saturated carbocycles. The number of nitrogen functional groups attached to an aromatic ring is 1. The lowest BCUT2D eigenvalue weighted by molar-refractivity contribution is -0.864. The zero-order valence-electron chi connectivity index (χ0n) is 18.1. The van der Waals surface area contributed by atoms with E-state index in [4.69, 9.17) is 10.6 Å². The number of thiazole rings is 1. The highest BCUT2D eigenvalue weighted by molar-refractivity contribution is 8.00. The lowest BCUT2D eigenvalue weighted by Gasteiger charge is -2.49. The predicted molar refractivity (Wildman–Crippen MR) is 122 cm³/mol. The number of thioether (sulfide) groups is 1. The maximum Gasteiger partial charge on any atom is 0.352 e. The van der Waals surface area contributed by atoms with Crippen LogP contribution in [0.5, 0.6) is 0 Å². The minimum atomic E-state index is -1.18. The number of aliphatic carboxylic acids is 1. The van der Waals surface area contributed by atoms with Gasteiger partial charge in [-0.05, 0) is 11.6 Å². The summed E-state index contributed by atoms with van der Waals surface area (Å²) in [5.41, 5.74) is 6.23. The van der Waals surface area contributed by atoms with E-state index in [0.29, 0.717) is 22.4 Å². The molecule has 2 aliphatic rings. The molecule has 3 heterocycles. The molecule has 172 valence electrons. The molecule has 32 heavy (non-hydrogen) atoms. The van der Waals surface area contributed by atoms with Crippen molar-refractivity contribution in [1.29, 1.82) is 0 Å². The van der Waals surface area contributed by atoms with Crippen molar-refractivity contribution >= 4 is 51.7 Å². The standard InChI is InChI=1S/C19H24N6O5S2/c1-25(2,3)7-5-6-10-8-31-17-13(16(27)24(17)14(10)18(28)29)22-15(26)12(23-30-4)11-9-32-19(20)21-11/h5-6,9,13,17H,7-8H2,1-4H3,(H3-,20,21,22,26,28,29)/p+1/b6-5+,23-12+/t13-,17-/m1/s1. The summed E-state index contributed by atoms with van der Waals surface area (Å²) in [5, 5.41) is 17.3. The third-order valence-corrected chi connectivity index (χ3v) is 6.60. The molecule has 0 radical (unpaired) electrons. The number of rotatable bonds is 8. The van der Waals surface area contributed by atoms with Crippen LogP contribution in [-0.2, 0) is 19.2 Å². The van der Waals surface area contributed by atoms with Crippen LogP contribution in [-0.4, -0.2) is 94.9 Å². The molecule has 1 aromatic rings. The van der Waals surface area contributed by atoms with Crippen molar-refractivity contribution in [2.45, 2.75) is 11.4 Å². The Bertz CT molecular complexity index is 1030. The monoisotopic (exact) mass is 481 g/mol. The fourth-order valence-electron chi connectivity index (χ4n) is 3.18. The van der Waals surface area contributed by atoms with E-state index in [-0.39, 0.29) is 22.2 Å². The summed E-state index contributed by atoms with van der Waals surface area (Å²) < 4.78 is 0.689. The molecule has 1 saturated heterocycles. The maximum atomic E-state index is 12.8. The molecule has 13 heteroatoms. The number of fused-ring (bicyclic) bond motifs is 1. The van der Waals surface area contributed by atoms with Crippen molar-refractivity contribution in [1.82, 2.24) is 15.2 Å². The van der Waals surface area contributed by atoms with Crippen LogP contribution in [0.1, 0.15) is 5.69 Å². The second-order valence-electron chi connectivity index (χ2n) is 8.11. The number of nitrogens with zero attached hydrogens (tertiary/aromatic N) is 4. The predicted octanol–water partition coefficient (Wildman–Crippen LogP) is 0.0768. The first kappa shape index (κ1) is 23.8. The van der Waals surface area contributed by atoms with Gasteiger partial charge in [-0.25, -0.2) is 9.78 Å². The van der Waals surface area contributed by atoms with Crippen LogP contribution < -0.4 is 11.1 Å². The van der Waals surface area contributed by atoms with Gasteiger partial charge in [0.25, 0.3) is 11.8 Å². The number of oxime groups is 1. The molecular formula is C19H25N6O5S2+. The second-order valence-corrected chi connectivity index (χ2v) is 10.1. The highest BCUT2D eigenvalue weighted by Gasteiger charge is 2.54. The number of carbonyl (C=O) groups excluding carboxylic acids is 2. The van der Waals surface area contributed by atoms with Crippen LogP contribution >= 0.6 is 23.1 Å². The average molecular weight is 482 g/mol. The Kier molecular flexibility index (Phi) is 6.91. The number of likely N-dealkylation sites (N-methyl/N-ethyl adjacent to an activating group) is 1. The number of anilines is 1. The van der Waals surface area contributed by atoms with Crippen molar-refractivity contribution < 1.29 is 28.8 Å². The number of quaternary nitrogens is 1. The van der Waals surface area contributed by atoms with Gasteiger partial charge in [-0.1, -0.05) is 11.2 Å². The Morgan fingerprint density at radius 3 is 2.75 bits per heavy atom. The Labute approximate surface area is 193 Å². The van der Waals surface area contributed by atoms with Gasteiger partial charge < -0.3 is 25.5 Å². The van der Waals surface area contributed by atoms with Crippen LogP contribution in [0.25, 0.3) is 0 Å². The number of allylic oxidation sites excluding steroid dienone is 1. The van der Waals surface area contributed by atoms with Crippen LogP contribution in [0.4, 0.5) is 5.13 Å². The van der Waals surface area contributed by atoms with Crippen LogP contribution in [0.15, 0.2) is 34.0 Å². The van der Waals surface area contributed by atoms with Gasteiger partial charge in [0.2, 0.25) is 0 Å². The number of amides is 2. The van der Waals surface area contributed by atoms with Crippen molar-refractivity contribution in [2.75, 3.05) is 46.3 Å². The molecule has 2 atom stereocenters. The molecular weight excluding hydrogens is 456 g/mol. The lowest BCUT2D eigenvalue weighted by Crippen LogP contribution is -2.71. The van der Waals surface area contributed by atoms with E-state index in [0.717, 1.165) is 11.3 Å². The van der Waals surface area contributed by atoms with Gasteiger partial charge in [-0.2, -0.15) is 0 Å². The maximum absolute atomic E-state index is 12.8. The van der Waals surface area contributed by atoms with Gasteiger partial charge in [0.15, 0.2) is 10.8 Å². The molecule has 2 aliphatic heterocycles. The number of nitrogens with one attached hydrogen (secondary N) is 1. The summed E-state index contributed by atoms with van der Waals surface area (Å²) in [6.07, 6.45) is 3.65. The summed E-state index contributed by atoms with van der Waals surface area (Å²) in [7, 11) is 7.36. The fraction of sp³-hybridized carbons (Fsp3) is 0.421. The highest BCUT2D eigenvalue weighted by Crippen LogP contribution is 2.40. The van der Waals surface area contributed by atoms with Crippen molar-refractivity contribution in [3.8, 4) is 0 Å². The van der Waals surface area contributed by atoms with E-state index in [1.54, 1.807) is 11.5 Å². The lowest BCUT2D eigenvalue weighted by atomic mass is 10.0. The SMILES string of the molecule is CO/N=C(/C(=O)N[C@@H]1C(=O)N2C(C(=O)O)=C(/C=C/C[N+](C)(C)C)CS[C@H]12)c1csc(N)n1. The summed E-state index contributed by atoms with van der Waals surface area (Å²) in [6.45, 7) is 0.708. The molecule has 4 N–H and O–H groups in total. The van der Waals surface area contributed by atoms with E-state index in [1.807, 2.05) is 27.2 Å². The minimum absolute atomic E-state index is 0.0556. The van der Waals surface area contributed by atoms with Crippen LogP contribution in [0, 0.1) is 0 Å². The zero-order chi connectivity index (χ0) is 23.6. The topological polar surface area (TPSA) is 147 Å². The number of β-lactam (4-membered cyclic amide) rings is 1. The first-order valence-electron chi connectivity index (χ1n) is 9.55. The van der Waals surface area contributed by atoms with E-state index >= 15 is 0 Å². The molecule has 0 spiro atoms. The minimum Gasteiger partial charge on any atom is -0.477 e. The highest BCUT2D eigenvalue weighted by atomic mass is 32.2. The zero-order valence-corrected chi connectivity index (χ0v) is 19.7. The molecule has 11 nitrogen and oxygen atoms in total. The summed E-state index contributed by atoms with van der Waals surface area (Å²) in [4.78, 5) is 47.5. The van der Waals surface area contributed by atoms with Crippen LogP contribution in [0.3, 0.4) is 0 Å². The molecule has 3 rings (SSSR count). The number of hydrogen-bond donors (Lipinski definition) is 3. The first-order valence-corrected chi connectivity index (χ1v) is 11.5. The first-order chi connectivity index (χ1) is 15.0. The Balaban J connectivity index is 1.78. The summed E-state index contributed by atoms with van der Waals surface area (Å²) >= 11 is 2.52. The third-order valence-electron chi connectivity index (χ3n) is 4.62. The molecule has 0 bridgehead atoms. The van der Waals surface area contributed by atoms with Crippen molar-refractivity contribution in [3.63, 3.8) is 0 Å². The number of carboxylic acid groups (broad SMARTS) is 1. The molecule has 1 aromatic heterocycles. The number of carboxylic acids is 1. The fourth-order valence-corrected chi connectivity index (χ4v) is 5.05. The van der Waals surface area contributed by atoms with E-state index in [1.165, 1.54) is 23.8 Å². The molecule has 1 fully saturated rings. The largest absolute Gasteiger partial charge is 0.477 e. The quantitative estimate of drug-likeness (QED) is 0.205. The van der Waals surface area contributed by atoms with Gasteiger partial charge in [0.1, 0.15) is 29.9 Å². The summed E-state index contributed by atoms with van der Waals surface area (Å²) in [5.74, 6) is -1.94.